The maximum Gasteiger partial charge on any atom is 0.408 e. The average molecular weight is 295 g/mol. The molecule has 1 amide bonds. The van der Waals surface area contributed by atoms with Crippen LogP contribution in [0.5, 0.6) is 0 Å². The summed E-state index contributed by atoms with van der Waals surface area (Å²) in [4.78, 5) is 23.8. The van der Waals surface area contributed by atoms with Crippen LogP contribution in [0.4, 0.5) is 4.79 Å². The van der Waals surface area contributed by atoms with E-state index in [1.165, 1.54) is 0 Å². The number of carbonyl (C=O) groups excluding carboxylic acids is 2. The highest BCUT2D eigenvalue weighted by Crippen LogP contribution is 2.15. The first-order chi connectivity index (χ1) is 9.34. The van der Waals surface area contributed by atoms with Gasteiger partial charge < -0.3 is 14.8 Å². The molecule has 1 unspecified atom stereocenters. The molecule has 0 saturated carbocycles. The number of rotatable bonds is 5. The van der Waals surface area contributed by atoms with Gasteiger partial charge in [0.25, 0.3) is 0 Å². The monoisotopic (exact) mass is 295 g/mol. The van der Waals surface area contributed by atoms with E-state index in [1.807, 2.05) is 30.5 Å². The lowest BCUT2D eigenvalue weighted by Crippen LogP contribution is -2.41. The molecule has 0 bridgehead atoms. The van der Waals surface area contributed by atoms with E-state index in [0.717, 1.165) is 16.7 Å². The maximum absolute atomic E-state index is 11.6. The van der Waals surface area contributed by atoms with E-state index in [0.29, 0.717) is 6.42 Å². The number of ether oxygens (including phenoxy) is 1. The Morgan fingerprint density at radius 3 is 2.40 bits per heavy atom. The third kappa shape index (κ3) is 6.10. The van der Waals surface area contributed by atoms with Gasteiger partial charge in [0, 0.05) is 4.90 Å². The van der Waals surface area contributed by atoms with E-state index in [2.05, 4.69) is 5.32 Å². The summed E-state index contributed by atoms with van der Waals surface area (Å²) in [6.07, 6.45) is 2.62. The standard InChI is InChI=1S/C15H21NO3S/c1-15(2,3)19-14(18)16-12(10-17)9-11-5-7-13(20-4)8-6-11/h5-8,10,12H,9H2,1-4H3,(H,16,18). The molecule has 4 nitrogen and oxygen atoms in total. The molecule has 0 saturated heterocycles. The maximum atomic E-state index is 11.6. The van der Waals surface area contributed by atoms with Crippen molar-refractivity contribution in [2.45, 2.75) is 43.7 Å². The normalized spacial score (nSPS) is 12.6. The first kappa shape index (κ1) is 16.6. The second-order valence-corrected chi connectivity index (χ2v) is 6.32. The number of carbonyl (C=O) groups is 2. The highest BCUT2D eigenvalue weighted by Gasteiger charge is 2.19. The van der Waals surface area contributed by atoms with Crippen LogP contribution >= 0.6 is 11.8 Å². The average Bonchev–Trinajstić information content (AvgIpc) is 2.36. The third-order valence-corrected chi connectivity index (χ3v) is 3.22. The Kier molecular flexibility index (Phi) is 6.07. The third-order valence-electron chi connectivity index (χ3n) is 2.48. The van der Waals surface area contributed by atoms with Crippen LogP contribution in [-0.2, 0) is 16.0 Å². The fourth-order valence-electron chi connectivity index (χ4n) is 1.61. The van der Waals surface area contributed by atoms with Crippen LogP contribution in [0.25, 0.3) is 0 Å². The lowest BCUT2D eigenvalue weighted by Gasteiger charge is -2.21. The van der Waals surface area contributed by atoms with Crippen molar-refractivity contribution in [3.8, 4) is 0 Å². The summed E-state index contributed by atoms with van der Waals surface area (Å²) in [5.74, 6) is 0. The van der Waals surface area contributed by atoms with Crippen LogP contribution in [0.2, 0.25) is 0 Å². The van der Waals surface area contributed by atoms with Gasteiger partial charge in [-0.05, 0) is 51.1 Å². The zero-order valence-corrected chi connectivity index (χ0v) is 13.1. The van der Waals surface area contributed by atoms with Crippen molar-refractivity contribution in [3.05, 3.63) is 29.8 Å². The predicted molar refractivity (Wildman–Crippen MR) is 81.1 cm³/mol. The molecule has 0 radical (unpaired) electrons. The van der Waals surface area contributed by atoms with E-state index < -0.39 is 17.7 Å². The molecule has 1 atom stereocenters. The van der Waals surface area contributed by atoms with Gasteiger partial charge in [-0.1, -0.05) is 12.1 Å². The molecule has 1 N–H and O–H groups in total. The van der Waals surface area contributed by atoms with Gasteiger partial charge in [-0.25, -0.2) is 4.79 Å². The molecule has 5 heteroatoms. The van der Waals surface area contributed by atoms with Crippen molar-refractivity contribution in [2.75, 3.05) is 6.26 Å². The molecule has 0 aliphatic carbocycles. The molecule has 0 fully saturated rings. The molecular weight excluding hydrogens is 274 g/mol. The number of benzene rings is 1. The molecule has 0 aliphatic rings. The molecule has 110 valence electrons. The molecular formula is C15H21NO3S. The van der Waals surface area contributed by atoms with Gasteiger partial charge in [-0.3, -0.25) is 0 Å². The summed E-state index contributed by atoms with van der Waals surface area (Å²) in [5.41, 5.74) is 0.424. The Hall–Kier alpha value is -1.49. The Morgan fingerprint density at radius 1 is 1.35 bits per heavy atom. The highest BCUT2D eigenvalue weighted by molar-refractivity contribution is 7.98. The summed E-state index contributed by atoms with van der Waals surface area (Å²) in [6, 6.07) is 7.33. The number of thioether (sulfide) groups is 1. The first-order valence-corrected chi connectivity index (χ1v) is 7.64. The molecule has 1 aromatic carbocycles. The van der Waals surface area contributed by atoms with E-state index >= 15 is 0 Å². The quantitative estimate of drug-likeness (QED) is 0.670. The molecule has 0 aliphatic heterocycles. The van der Waals surface area contributed by atoms with E-state index in [1.54, 1.807) is 32.5 Å². The minimum Gasteiger partial charge on any atom is -0.444 e. The Bertz CT molecular complexity index is 451. The van der Waals surface area contributed by atoms with Gasteiger partial charge in [0.2, 0.25) is 0 Å². The Morgan fingerprint density at radius 2 is 1.95 bits per heavy atom. The van der Waals surface area contributed by atoms with Gasteiger partial charge in [0.05, 0.1) is 6.04 Å². The smallest absolute Gasteiger partial charge is 0.408 e. The van der Waals surface area contributed by atoms with Crippen LogP contribution in [0.1, 0.15) is 26.3 Å². The number of amides is 1. The van der Waals surface area contributed by atoms with Crippen LogP contribution in [0.3, 0.4) is 0 Å². The van der Waals surface area contributed by atoms with Gasteiger partial charge >= 0.3 is 6.09 Å². The van der Waals surface area contributed by atoms with E-state index in [-0.39, 0.29) is 0 Å². The van der Waals surface area contributed by atoms with Crippen molar-refractivity contribution in [1.29, 1.82) is 0 Å². The zero-order chi connectivity index (χ0) is 15.2. The lowest BCUT2D eigenvalue weighted by atomic mass is 10.1. The van der Waals surface area contributed by atoms with Crippen molar-refractivity contribution >= 4 is 24.1 Å². The van der Waals surface area contributed by atoms with E-state index in [4.69, 9.17) is 4.74 Å². The van der Waals surface area contributed by atoms with Crippen molar-refractivity contribution < 1.29 is 14.3 Å². The number of hydrogen-bond donors (Lipinski definition) is 1. The van der Waals surface area contributed by atoms with Crippen LogP contribution in [0.15, 0.2) is 29.2 Å². The topological polar surface area (TPSA) is 55.4 Å². The molecule has 0 aromatic heterocycles. The minimum absolute atomic E-state index is 0.456. The summed E-state index contributed by atoms with van der Waals surface area (Å²) in [5, 5.41) is 2.57. The molecule has 1 aromatic rings. The summed E-state index contributed by atoms with van der Waals surface area (Å²) >= 11 is 1.66. The molecule has 1 rings (SSSR count). The minimum atomic E-state index is -0.579. The number of alkyl carbamates (subject to hydrolysis) is 1. The first-order valence-electron chi connectivity index (χ1n) is 6.42. The number of hydrogen-bond acceptors (Lipinski definition) is 4. The largest absolute Gasteiger partial charge is 0.444 e. The SMILES string of the molecule is CSc1ccc(CC(C=O)NC(=O)OC(C)(C)C)cc1. The van der Waals surface area contributed by atoms with Crippen molar-refractivity contribution in [3.63, 3.8) is 0 Å². The van der Waals surface area contributed by atoms with Crippen molar-refractivity contribution in [1.82, 2.24) is 5.32 Å². The molecule has 0 heterocycles. The van der Waals surface area contributed by atoms with Gasteiger partial charge in [0.15, 0.2) is 0 Å². The summed E-state index contributed by atoms with van der Waals surface area (Å²) < 4.78 is 5.13. The molecule has 20 heavy (non-hydrogen) atoms. The lowest BCUT2D eigenvalue weighted by molar-refractivity contribution is -0.109. The van der Waals surface area contributed by atoms with Gasteiger partial charge in [-0.15, -0.1) is 11.8 Å². The van der Waals surface area contributed by atoms with Crippen LogP contribution in [0, 0.1) is 0 Å². The number of nitrogens with one attached hydrogen (secondary N) is 1. The summed E-state index contributed by atoms with van der Waals surface area (Å²) in [6.45, 7) is 5.34. The van der Waals surface area contributed by atoms with Gasteiger partial charge in [0.1, 0.15) is 11.9 Å². The van der Waals surface area contributed by atoms with Crippen molar-refractivity contribution in [2.24, 2.45) is 0 Å². The Labute approximate surface area is 124 Å². The second kappa shape index (κ2) is 7.33. The predicted octanol–water partition coefficient (Wildman–Crippen LogP) is 3.04. The summed E-state index contributed by atoms with van der Waals surface area (Å²) in [7, 11) is 0. The van der Waals surface area contributed by atoms with Crippen LogP contribution < -0.4 is 5.32 Å². The second-order valence-electron chi connectivity index (χ2n) is 5.44. The van der Waals surface area contributed by atoms with E-state index in [9.17, 15) is 9.59 Å². The zero-order valence-electron chi connectivity index (χ0n) is 12.3. The van der Waals surface area contributed by atoms with Crippen LogP contribution in [-0.4, -0.2) is 30.3 Å². The fraction of sp³-hybridized carbons (Fsp3) is 0.467. The highest BCUT2D eigenvalue weighted by atomic mass is 32.2. The number of aldehydes is 1. The molecule has 0 spiro atoms. The fourth-order valence-corrected chi connectivity index (χ4v) is 2.02. The Balaban J connectivity index is 2.58. The van der Waals surface area contributed by atoms with Gasteiger partial charge in [-0.2, -0.15) is 0 Å².